The van der Waals surface area contributed by atoms with E-state index in [2.05, 4.69) is 26.2 Å². The predicted molar refractivity (Wildman–Crippen MR) is 68.9 cm³/mol. The second-order valence-corrected chi connectivity index (χ2v) is 4.65. The molecule has 0 saturated carbocycles. The average molecular weight is 300 g/mol. The highest BCUT2D eigenvalue weighted by atomic mass is 79.9. The minimum Gasteiger partial charge on any atom is -0.358 e. The number of rotatable bonds is 2. The van der Waals surface area contributed by atoms with Gasteiger partial charge in [0.2, 0.25) is 5.91 Å². The standard InChI is InChI=1S/C10H10BrN3OS/c1-12-9(15)5-14-8-4-6(11)2-3-7(8)13-10(14)16/h2-4H,5H2,1H3,(H,12,15)(H,13,16). The van der Waals surface area contributed by atoms with Crippen LogP contribution in [0, 0.1) is 4.77 Å². The van der Waals surface area contributed by atoms with Gasteiger partial charge in [0.1, 0.15) is 6.54 Å². The Hall–Kier alpha value is -1.14. The van der Waals surface area contributed by atoms with Crippen LogP contribution in [-0.4, -0.2) is 22.5 Å². The first-order chi connectivity index (χ1) is 7.61. The summed E-state index contributed by atoms with van der Waals surface area (Å²) in [7, 11) is 1.61. The third-order valence-corrected chi connectivity index (χ3v) is 3.13. The Kier molecular flexibility index (Phi) is 3.11. The summed E-state index contributed by atoms with van der Waals surface area (Å²) in [5, 5.41) is 2.58. The maximum absolute atomic E-state index is 11.4. The van der Waals surface area contributed by atoms with Crippen LogP contribution < -0.4 is 5.32 Å². The number of fused-ring (bicyclic) bond motifs is 1. The number of nitrogens with one attached hydrogen (secondary N) is 2. The average Bonchev–Trinajstić information content (AvgIpc) is 2.55. The Balaban J connectivity index is 2.58. The maximum Gasteiger partial charge on any atom is 0.239 e. The summed E-state index contributed by atoms with van der Waals surface area (Å²) in [5.41, 5.74) is 1.85. The van der Waals surface area contributed by atoms with Crippen molar-refractivity contribution >= 4 is 45.1 Å². The van der Waals surface area contributed by atoms with Crippen molar-refractivity contribution in [1.29, 1.82) is 0 Å². The van der Waals surface area contributed by atoms with Crippen molar-refractivity contribution in [2.45, 2.75) is 6.54 Å². The van der Waals surface area contributed by atoms with Gasteiger partial charge in [0.05, 0.1) is 11.0 Å². The number of hydrogen-bond donors (Lipinski definition) is 2. The summed E-state index contributed by atoms with van der Waals surface area (Å²) in [4.78, 5) is 14.4. The summed E-state index contributed by atoms with van der Waals surface area (Å²) >= 11 is 8.57. The van der Waals surface area contributed by atoms with E-state index < -0.39 is 0 Å². The van der Waals surface area contributed by atoms with E-state index in [1.807, 2.05) is 18.2 Å². The van der Waals surface area contributed by atoms with E-state index in [1.165, 1.54) is 0 Å². The molecule has 0 aliphatic carbocycles. The number of aromatic nitrogens is 2. The molecule has 0 atom stereocenters. The maximum atomic E-state index is 11.4. The number of likely N-dealkylation sites (N-methyl/N-ethyl adjacent to an activating group) is 1. The Labute approximate surface area is 106 Å². The molecule has 6 heteroatoms. The van der Waals surface area contributed by atoms with Crippen molar-refractivity contribution in [3.05, 3.63) is 27.4 Å². The normalized spacial score (nSPS) is 10.6. The Bertz CT molecular complexity index is 602. The van der Waals surface area contributed by atoms with Crippen molar-refractivity contribution < 1.29 is 4.79 Å². The summed E-state index contributed by atoms with van der Waals surface area (Å²) in [6, 6.07) is 5.79. The van der Waals surface area contributed by atoms with Gasteiger partial charge in [-0.3, -0.25) is 4.79 Å². The van der Waals surface area contributed by atoms with Crippen LogP contribution in [-0.2, 0) is 11.3 Å². The molecule has 0 spiro atoms. The Morgan fingerprint density at radius 1 is 1.62 bits per heavy atom. The molecule has 4 nitrogen and oxygen atoms in total. The molecule has 0 fully saturated rings. The van der Waals surface area contributed by atoms with Gasteiger partial charge in [-0.1, -0.05) is 15.9 Å². The largest absolute Gasteiger partial charge is 0.358 e. The van der Waals surface area contributed by atoms with Crippen LogP contribution in [0.2, 0.25) is 0 Å². The van der Waals surface area contributed by atoms with Gasteiger partial charge in [-0.2, -0.15) is 0 Å². The van der Waals surface area contributed by atoms with Gasteiger partial charge >= 0.3 is 0 Å². The summed E-state index contributed by atoms with van der Waals surface area (Å²) in [5.74, 6) is -0.0722. The molecule has 2 N–H and O–H groups in total. The number of halogens is 1. The summed E-state index contributed by atoms with van der Waals surface area (Å²) in [6.07, 6.45) is 0. The zero-order chi connectivity index (χ0) is 11.7. The van der Waals surface area contributed by atoms with Gasteiger partial charge in [0.15, 0.2) is 4.77 Å². The molecule has 84 valence electrons. The highest BCUT2D eigenvalue weighted by Gasteiger charge is 2.07. The lowest BCUT2D eigenvalue weighted by Crippen LogP contribution is -2.23. The molecule has 2 rings (SSSR count). The number of imidazole rings is 1. The minimum atomic E-state index is -0.0722. The van der Waals surface area contributed by atoms with Crippen molar-refractivity contribution in [2.24, 2.45) is 0 Å². The molecule has 16 heavy (non-hydrogen) atoms. The van der Waals surface area contributed by atoms with Crippen LogP contribution in [0.25, 0.3) is 11.0 Å². The second kappa shape index (κ2) is 4.39. The SMILES string of the molecule is CNC(=O)Cn1c(=S)[nH]c2ccc(Br)cc21. The molecule has 1 aromatic carbocycles. The molecule has 0 radical (unpaired) electrons. The lowest BCUT2D eigenvalue weighted by Gasteiger charge is -2.03. The molecule has 0 bridgehead atoms. The van der Waals surface area contributed by atoms with E-state index >= 15 is 0 Å². The van der Waals surface area contributed by atoms with Crippen LogP contribution in [0.15, 0.2) is 22.7 Å². The van der Waals surface area contributed by atoms with Crippen LogP contribution in [0.3, 0.4) is 0 Å². The number of hydrogen-bond acceptors (Lipinski definition) is 2. The molecular formula is C10H10BrN3OS. The number of carbonyl (C=O) groups is 1. The number of aromatic amines is 1. The zero-order valence-electron chi connectivity index (χ0n) is 8.58. The molecule has 1 amide bonds. The topological polar surface area (TPSA) is 49.8 Å². The monoisotopic (exact) mass is 299 g/mol. The fourth-order valence-corrected chi connectivity index (χ4v) is 2.13. The molecule has 0 unspecified atom stereocenters. The lowest BCUT2D eigenvalue weighted by molar-refractivity contribution is -0.121. The van der Waals surface area contributed by atoms with E-state index in [1.54, 1.807) is 11.6 Å². The Morgan fingerprint density at radius 3 is 3.06 bits per heavy atom. The van der Waals surface area contributed by atoms with E-state index in [0.717, 1.165) is 15.5 Å². The molecule has 1 aromatic heterocycles. The third-order valence-electron chi connectivity index (χ3n) is 2.32. The van der Waals surface area contributed by atoms with E-state index in [4.69, 9.17) is 12.2 Å². The van der Waals surface area contributed by atoms with Crippen molar-refractivity contribution in [1.82, 2.24) is 14.9 Å². The zero-order valence-corrected chi connectivity index (χ0v) is 11.0. The molecule has 2 aromatic rings. The molecule has 0 saturated heterocycles. The van der Waals surface area contributed by atoms with E-state index in [9.17, 15) is 4.79 Å². The molecular weight excluding hydrogens is 290 g/mol. The number of H-pyrrole nitrogens is 1. The van der Waals surface area contributed by atoms with Gasteiger partial charge < -0.3 is 14.9 Å². The fraction of sp³-hybridized carbons (Fsp3) is 0.200. The van der Waals surface area contributed by atoms with E-state index in [-0.39, 0.29) is 12.5 Å². The number of nitrogens with zero attached hydrogens (tertiary/aromatic N) is 1. The summed E-state index contributed by atoms with van der Waals surface area (Å²) < 4.78 is 3.28. The number of carbonyl (C=O) groups excluding carboxylic acids is 1. The highest BCUT2D eigenvalue weighted by Crippen LogP contribution is 2.19. The van der Waals surface area contributed by atoms with Gasteiger partial charge in [0.25, 0.3) is 0 Å². The molecule has 1 heterocycles. The highest BCUT2D eigenvalue weighted by molar-refractivity contribution is 9.10. The first-order valence-electron chi connectivity index (χ1n) is 4.70. The Morgan fingerprint density at radius 2 is 2.38 bits per heavy atom. The number of amides is 1. The van der Waals surface area contributed by atoms with Gasteiger partial charge in [-0.25, -0.2) is 0 Å². The lowest BCUT2D eigenvalue weighted by atomic mass is 10.3. The van der Waals surface area contributed by atoms with Gasteiger partial charge in [0, 0.05) is 11.5 Å². The van der Waals surface area contributed by atoms with Gasteiger partial charge in [-0.05, 0) is 30.4 Å². The second-order valence-electron chi connectivity index (χ2n) is 3.35. The van der Waals surface area contributed by atoms with Gasteiger partial charge in [-0.15, -0.1) is 0 Å². The first kappa shape index (κ1) is 11.3. The first-order valence-corrected chi connectivity index (χ1v) is 5.90. The van der Waals surface area contributed by atoms with Crippen molar-refractivity contribution in [3.63, 3.8) is 0 Å². The fourth-order valence-electron chi connectivity index (χ4n) is 1.51. The molecule has 0 aliphatic rings. The van der Waals surface area contributed by atoms with Crippen molar-refractivity contribution in [2.75, 3.05) is 7.05 Å². The summed E-state index contributed by atoms with van der Waals surface area (Å²) in [6.45, 7) is 0.228. The van der Waals surface area contributed by atoms with Crippen LogP contribution in [0.1, 0.15) is 0 Å². The number of benzene rings is 1. The third kappa shape index (κ3) is 2.03. The van der Waals surface area contributed by atoms with Crippen LogP contribution in [0.5, 0.6) is 0 Å². The molecule has 0 aliphatic heterocycles. The van der Waals surface area contributed by atoms with E-state index in [0.29, 0.717) is 4.77 Å². The van der Waals surface area contributed by atoms with Crippen molar-refractivity contribution in [3.8, 4) is 0 Å². The predicted octanol–water partition coefficient (Wildman–Crippen LogP) is 2.21. The quantitative estimate of drug-likeness (QED) is 0.836. The smallest absolute Gasteiger partial charge is 0.239 e. The van der Waals surface area contributed by atoms with Crippen LogP contribution in [0.4, 0.5) is 0 Å². The van der Waals surface area contributed by atoms with Crippen LogP contribution >= 0.6 is 28.1 Å². The minimum absolute atomic E-state index is 0.0722.